The van der Waals surface area contributed by atoms with E-state index in [0.717, 1.165) is 58.5 Å². The van der Waals surface area contributed by atoms with Gasteiger partial charge in [-0.2, -0.15) is 0 Å². The predicted octanol–water partition coefficient (Wildman–Crippen LogP) is 1.01. The molecular weight excluding hydrogens is 216 g/mol. The molecule has 0 aromatic rings. The van der Waals surface area contributed by atoms with Crippen LogP contribution in [0.3, 0.4) is 0 Å². The van der Waals surface area contributed by atoms with Gasteiger partial charge in [0, 0.05) is 26.2 Å². The Kier molecular flexibility index (Phi) is 4.80. The molecule has 1 N–H and O–H groups in total. The largest absolute Gasteiger partial charge is 0.376 e. The fourth-order valence-electron chi connectivity index (χ4n) is 2.68. The van der Waals surface area contributed by atoms with Gasteiger partial charge in [-0.25, -0.2) is 0 Å². The lowest BCUT2D eigenvalue weighted by atomic mass is 10.0. The molecule has 4 nitrogen and oxygen atoms in total. The Morgan fingerprint density at radius 1 is 1.47 bits per heavy atom. The van der Waals surface area contributed by atoms with Crippen LogP contribution in [0.4, 0.5) is 0 Å². The van der Waals surface area contributed by atoms with Crippen LogP contribution in [0.1, 0.15) is 32.6 Å². The summed E-state index contributed by atoms with van der Waals surface area (Å²) in [6, 6.07) is 0. The Morgan fingerprint density at radius 2 is 2.35 bits per heavy atom. The Labute approximate surface area is 104 Å². The van der Waals surface area contributed by atoms with Crippen LogP contribution in [0.25, 0.3) is 0 Å². The highest BCUT2D eigenvalue weighted by molar-refractivity contribution is 5.79. The van der Waals surface area contributed by atoms with E-state index in [4.69, 9.17) is 4.74 Å². The fraction of sp³-hybridized carbons (Fsp3) is 0.923. The second kappa shape index (κ2) is 6.36. The molecular formula is C13H24N2O2. The summed E-state index contributed by atoms with van der Waals surface area (Å²) in [4.78, 5) is 14.3. The highest BCUT2D eigenvalue weighted by atomic mass is 16.5. The second-order valence-electron chi connectivity index (χ2n) is 5.11. The molecule has 0 aromatic heterocycles. The van der Waals surface area contributed by atoms with E-state index in [2.05, 4.69) is 12.2 Å². The minimum absolute atomic E-state index is 0.208. The molecule has 2 atom stereocenters. The third kappa shape index (κ3) is 3.42. The van der Waals surface area contributed by atoms with E-state index in [-0.39, 0.29) is 12.0 Å². The first-order chi connectivity index (χ1) is 8.31. The molecule has 2 aliphatic heterocycles. The first-order valence-electron chi connectivity index (χ1n) is 6.92. The predicted molar refractivity (Wildman–Crippen MR) is 66.8 cm³/mol. The number of nitrogens with one attached hydrogen (secondary N) is 1. The first-order valence-corrected chi connectivity index (χ1v) is 6.92. The number of carbonyl (C=O) groups excluding carboxylic acids is 1. The Bertz CT molecular complexity index is 252. The normalized spacial score (nSPS) is 29.6. The molecule has 4 heteroatoms. The van der Waals surface area contributed by atoms with Gasteiger partial charge in [0.05, 0.1) is 12.0 Å². The summed E-state index contributed by atoms with van der Waals surface area (Å²) in [6.45, 7) is 6.50. The highest BCUT2D eigenvalue weighted by Gasteiger charge is 2.30. The number of hydrogen-bond donors (Lipinski definition) is 1. The van der Waals surface area contributed by atoms with Crippen LogP contribution in [-0.4, -0.2) is 49.7 Å². The van der Waals surface area contributed by atoms with Crippen molar-refractivity contribution in [2.24, 2.45) is 5.92 Å². The SMILES string of the molecule is CCCOC1CCCN(C(=O)C2CCNC2)C1. The molecule has 0 saturated carbocycles. The molecule has 98 valence electrons. The van der Waals surface area contributed by atoms with E-state index < -0.39 is 0 Å². The average Bonchev–Trinajstić information content (AvgIpc) is 2.89. The van der Waals surface area contributed by atoms with Crippen LogP contribution in [0.2, 0.25) is 0 Å². The van der Waals surface area contributed by atoms with Crippen LogP contribution in [-0.2, 0) is 9.53 Å². The summed E-state index contributed by atoms with van der Waals surface area (Å²) >= 11 is 0. The zero-order chi connectivity index (χ0) is 12.1. The summed E-state index contributed by atoms with van der Waals surface area (Å²) in [5, 5.41) is 3.26. The van der Waals surface area contributed by atoms with Gasteiger partial charge >= 0.3 is 0 Å². The Hall–Kier alpha value is -0.610. The molecule has 2 rings (SSSR count). The number of carbonyl (C=O) groups is 1. The molecule has 2 fully saturated rings. The third-order valence-electron chi connectivity index (χ3n) is 3.66. The lowest BCUT2D eigenvalue weighted by Crippen LogP contribution is -2.46. The summed E-state index contributed by atoms with van der Waals surface area (Å²) in [5.74, 6) is 0.541. The number of amides is 1. The maximum atomic E-state index is 12.3. The molecule has 0 radical (unpaired) electrons. The summed E-state index contributed by atoms with van der Waals surface area (Å²) in [5.41, 5.74) is 0. The van der Waals surface area contributed by atoms with Crippen molar-refractivity contribution in [2.75, 3.05) is 32.8 Å². The highest BCUT2D eigenvalue weighted by Crippen LogP contribution is 2.18. The van der Waals surface area contributed by atoms with Crippen LogP contribution >= 0.6 is 0 Å². The monoisotopic (exact) mass is 240 g/mol. The maximum Gasteiger partial charge on any atom is 0.227 e. The quantitative estimate of drug-likeness (QED) is 0.797. The number of piperidine rings is 1. The van der Waals surface area contributed by atoms with Crippen LogP contribution in [0.5, 0.6) is 0 Å². The standard InChI is InChI=1S/C13H24N2O2/c1-2-8-17-12-4-3-7-15(10-12)13(16)11-5-6-14-9-11/h11-12,14H,2-10H2,1H3. The van der Waals surface area contributed by atoms with Gasteiger partial charge in [-0.3, -0.25) is 4.79 Å². The molecule has 2 saturated heterocycles. The van der Waals surface area contributed by atoms with Crippen LogP contribution < -0.4 is 5.32 Å². The fourth-order valence-corrected chi connectivity index (χ4v) is 2.68. The van der Waals surface area contributed by atoms with Gasteiger partial charge in [-0.05, 0) is 32.2 Å². The van der Waals surface area contributed by atoms with Gasteiger partial charge in [0.25, 0.3) is 0 Å². The van der Waals surface area contributed by atoms with E-state index in [9.17, 15) is 4.79 Å². The average molecular weight is 240 g/mol. The lowest BCUT2D eigenvalue weighted by Gasteiger charge is -2.34. The summed E-state index contributed by atoms with van der Waals surface area (Å²) in [7, 11) is 0. The van der Waals surface area contributed by atoms with Gasteiger partial charge in [0.2, 0.25) is 5.91 Å². The van der Waals surface area contributed by atoms with E-state index in [1.165, 1.54) is 0 Å². The molecule has 0 spiro atoms. The molecule has 17 heavy (non-hydrogen) atoms. The molecule has 2 heterocycles. The van der Waals surface area contributed by atoms with E-state index in [0.29, 0.717) is 5.91 Å². The van der Waals surface area contributed by atoms with Crippen LogP contribution in [0.15, 0.2) is 0 Å². The summed E-state index contributed by atoms with van der Waals surface area (Å²) in [6.07, 6.45) is 4.50. The first kappa shape index (κ1) is 12.8. The number of hydrogen-bond acceptors (Lipinski definition) is 3. The van der Waals surface area contributed by atoms with Gasteiger partial charge in [0.15, 0.2) is 0 Å². The molecule has 2 aliphatic rings. The van der Waals surface area contributed by atoms with Crippen molar-refractivity contribution in [1.82, 2.24) is 10.2 Å². The van der Waals surface area contributed by atoms with Gasteiger partial charge < -0.3 is 15.0 Å². The van der Waals surface area contributed by atoms with E-state index >= 15 is 0 Å². The number of ether oxygens (including phenoxy) is 1. The zero-order valence-corrected chi connectivity index (χ0v) is 10.8. The number of rotatable bonds is 4. The van der Waals surface area contributed by atoms with Crippen molar-refractivity contribution in [3.8, 4) is 0 Å². The maximum absolute atomic E-state index is 12.3. The molecule has 0 aromatic carbocycles. The number of likely N-dealkylation sites (tertiary alicyclic amines) is 1. The number of nitrogens with zero attached hydrogens (tertiary/aromatic N) is 1. The van der Waals surface area contributed by atoms with Crippen LogP contribution in [0, 0.1) is 5.92 Å². The lowest BCUT2D eigenvalue weighted by molar-refractivity contribution is -0.139. The van der Waals surface area contributed by atoms with Crippen molar-refractivity contribution in [1.29, 1.82) is 0 Å². The third-order valence-corrected chi connectivity index (χ3v) is 3.66. The molecule has 2 unspecified atom stereocenters. The van der Waals surface area contributed by atoms with Crippen molar-refractivity contribution in [3.05, 3.63) is 0 Å². The van der Waals surface area contributed by atoms with Crippen molar-refractivity contribution in [3.63, 3.8) is 0 Å². The smallest absolute Gasteiger partial charge is 0.227 e. The Morgan fingerprint density at radius 3 is 3.06 bits per heavy atom. The second-order valence-corrected chi connectivity index (χ2v) is 5.11. The van der Waals surface area contributed by atoms with Gasteiger partial charge in [-0.1, -0.05) is 6.92 Å². The Balaban J connectivity index is 1.81. The van der Waals surface area contributed by atoms with Crippen molar-refractivity contribution >= 4 is 5.91 Å². The minimum atomic E-state index is 0.208. The molecule has 1 amide bonds. The van der Waals surface area contributed by atoms with E-state index in [1.807, 2.05) is 4.90 Å². The van der Waals surface area contributed by atoms with E-state index in [1.54, 1.807) is 0 Å². The van der Waals surface area contributed by atoms with Gasteiger partial charge in [0.1, 0.15) is 0 Å². The topological polar surface area (TPSA) is 41.6 Å². The van der Waals surface area contributed by atoms with Crippen molar-refractivity contribution < 1.29 is 9.53 Å². The molecule has 0 bridgehead atoms. The van der Waals surface area contributed by atoms with Gasteiger partial charge in [-0.15, -0.1) is 0 Å². The summed E-state index contributed by atoms with van der Waals surface area (Å²) < 4.78 is 5.77. The molecule has 0 aliphatic carbocycles. The minimum Gasteiger partial charge on any atom is -0.376 e. The zero-order valence-electron chi connectivity index (χ0n) is 10.8. The van der Waals surface area contributed by atoms with Crippen molar-refractivity contribution in [2.45, 2.75) is 38.7 Å².